The summed E-state index contributed by atoms with van der Waals surface area (Å²) in [7, 11) is 1.70. The molecule has 25 heavy (non-hydrogen) atoms. The number of amides is 2. The monoisotopic (exact) mass is 356 g/mol. The van der Waals surface area contributed by atoms with Crippen molar-refractivity contribution in [1.29, 1.82) is 0 Å². The van der Waals surface area contributed by atoms with Crippen molar-refractivity contribution in [2.24, 2.45) is 5.41 Å². The molecule has 0 spiro atoms. The molecule has 5 heteroatoms. The Morgan fingerprint density at radius 1 is 1.12 bits per heavy atom. The summed E-state index contributed by atoms with van der Waals surface area (Å²) >= 11 is 6.28. The number of aryl methyl sites for hydroxylation is 2. The second-order valence-electron chi connectivity index (χ2n) is 6.67. The number of anilines is 2. The van der Waals surface area contributed by atoms with Crippen LogP contribution in [0.25, 0.3) is 0 Å². The second-order valence-corrected chi connectivity index (χ2v) is 7.08. The van der Waals surface area contributed by atoms with Crippen molar-refractivity contribution in [3.05, 3.63) is 58.6 Å². The van der Waals surface area contributed by atoms with Gasteiger partial charge in [-0.15, -0.1) is 0 Å². The fourth-order valence-corrected chi connectivity index (χ4v) is 3.43. The highest BCUT2D eigenvalue weighted by Crippen LogP contribution is 2.49. The van der Waals surface area contributed by atoms with Gasteiger partial charge in [-0.3, -0.25) is 9.59 Å². The third-order valence-corrected chi connectivity index (χ3v) is 5.01. The van der Waals surface area contributed by atoms with Gasteiger partial charge in [-0.05, 0) is 56.0 Å². The van der Waals surface area contributed by atoms with Crippen LogP contribution in [-0.4, -0.2) is 18.9 Å². The molecule has 0 aliphatic heterocycles. The van der Waals surface area contributed by atoms with E-state index in [1.54, 1.807) is 11.9 Å². The van der Waals surface area contributed by atoms with Gasteiger partial charge >= 0.3 is 0 Å². The van der Waals surface area contributed by atoms with Gasteiger partial charge in [0.1, 0.15) is 5.41 Å². The van der Waals surface area contributed by atoms with Gasteiger partial charge in [-0.2, -0.15) is 0 Å². The Bertz CT molecular complexity index is 806. The summed E-state index contributed by atoms with van der Waals surface area (Å²) < 4.78 is 0. The number of nitrogens with one attached hydrogen (secondary N) is 1. The Labute approximate surface area is 152 Å². The normalized spacial score (nSPS) is 14.7. The highest BCUT2D eigenvalue weighted by Gasteiger charge is 2.57. The van der Waals surface area contributed by atoms with Gasteiger partial charge in [0, 0.05) is 12.7 Å². The highest BCUT2D eigenvalue weighted by molar-refractivity contribution is 6.34. The van der Waals surface area contributed by atoms with Gasteiger partial charge in [0.2, 0.25) is 11.8 Å². The summed E-state index contributed by atoms with van der Waals surface area (Å²) in [6.07, 6.45) is 1.11. The summed E-state index contributed by atoms with van der Waals surface area (Å²) in [6, 6.07) is 13.1. The summed E-state index contributed by atoms with van der Waals surface area (Å²) in [5.41, 5.74) is 2.28. The minimum absolute atomic E-state index is 0.183. The number of benzene rings is 2. The maximum absolute atomic E-state index is 12.9. The quantitative estimate of drug-likeness (QED) is 0.828. The van der Waals surface area contributed by atoms with Crippen LogP contribution in [0.3, 0.4) is 0 Å². The van der Waals surface area contributed by atoms with Crippen LogP contribution >= 0.6 is 11.6 Å². The Morgan fingerprint density at radius 2 is 1.76 bits per heavy atom. The lowest BCUT2D eigenvalue weighted by Gasteiger charge is -2.23. The number of carbonyl (C=O) groups is 2. The van der Waals surface area contributed by atoms with E-state index in [1.807, 2.05) is 56.3 Å². The van der Waals surface area contributed by atoms with Crippen LogP contribution in [0.2, 0.25) is 5.02 Å². The molecule has 0 unspecified atom stereocenters. The van der Waals surface area contributed by atoms with Crippen LogP contribution in [0.4, 0.5) is 11.4 Å². The van der Waals surface area contributed by atoms with Crippen molar-refractivity contribution in [3.8, 4) is 0 Å². The summed E-state index contributed by atoms with van der Waals surface area (Å²) in [5.74, 6) is -0.466. The summed E-state index contributed by atoms with van der Waals surface area (Å²) in [5, 5.41) is 3.37. The molecule has 4 nitrogen and oxygen atoms in total. The molecule has 2 aromatic carbocycles. The zero-order valence-electron chi connectivity index (χ0n) is 14.6. The van der Waals surface area contributed by atoms with E-state index >= 15 is 0 Å². The highest BCUT2D eigenvalue weighted by atomic mass is 35.5. The van der Waals surface area contributed by atoms with Crippen LogP contribution in [0.1, 0.15) is 24.0 Å². The predicted molar refractivity (Wildman–Crippen MR) is 101 cm³/mol. The second kappa shape index (κ2) is 6.52. The molecule has 2 aromatic rings. The minimum Gasteiger partial charge on any atom is -0.324 e. The molecule has 3 rings (SSSR count). The first-order chi connectivity index (χ1) is 11.8. The number of carbonyl (C=O) groups excluding carboxylic acids is 2. The Kier molecular flexibility index (Phi) is 4.56. The first-order valence-corrected chi connectivity index (χ1v) is 8.64. The van der Waals surface area contributed by atoms with Crippen molar-refractivity contribution in [3.63, 3.8) is 0 Å². The number of hydrogen-bond acceptors (Lipinski definition) is 2. The van der Waals surface area contributed by atoms with Gasteiger partial charge in [0.15, 0.2) is 0 Å². The molecule has 0 bridgehead atoms. The molecule has 130 valence electrons. The molecular weight excluding hydrogens is 336 g/mol. The van der Waals surface area contributed by atoms with Gasteiger partial charge in [-0.1, -0.05) is 35.9 Å². The minimum atomic E-state index is -0.995. The maximum Gasteiger partial charge on any atom is 0.242 e. The Morgan fingerprint density at radius 3 is 2.32 bits per heavy atom. The average molecular weight is 357 g/mol. The predicted octanol–water partition coefficient (Wildman–Crippen LogP) is 4.34. The number of para-hydroxylation sites is 1. The molecule has 0 aromatic heterocycles. The van der Waals surface area contributed by atoms with Gasteiger partial charge in [0.25, 0.3) is 0 Å². The topological polar surface area (TPSA) is 49.4 Å². The number of rotatable bonds is 4. The van der Waals surface area contributed by atoms with E-state index < -0.39 is 5.41 Å². The fourth-order valence-electron chi connectivity index (χ4n) is 3.06. The van der Waals surface area contributed by atoms with E-state index in [0.29, 0.717) is 23.6 Å². The van der Waals surface area contributed by atoms with Gasteiger partial charge < -0.3 is 10.2 Å². The first-order valence-electron chi connectivity index (χ1n) is 8.26. The third-order valence-electron chi connectivity index (χ3n) is 4.71. The number of hydrogen-bond donors (Lipinski definition) is 1. The molecule has 0 atom stereocenters. The first kappa shape index (κ1) is 17.5. The van der Waals surface area contributed by atoms with Crippen molar-refractivity contribution in [1.82, 2.24) is 0 Å². The number of nitrogens with zero attached hydrogens (tertiary/aromatic N) is 1. The Hall–Kier alpha value is -2.33. The summed E-state index contributed by atoms with van der Waals surface area (Å²) in [6.45, 7) is 3.84. The van der Waals surface area contributed by atoms with Crippen molar-refractivity contribution < 1.29 is 9.59 Å². The standard InChI is InChI=1S/C20H21ClN2O2/c1-13-11-14(2)17(16(21)12-13)22-18(24)20(9-10-20)19(25)23(3)15-7-5-4-6-8-15/h4-8,11-12H,9-10H2,1-3H3,(H,22,24). The van der Waals surface area contributed by atoms with E-state index in [-0.39, 0.29) is 11.8 Å². The van der Waals surface area contributed by atoms with Crippen LogP contribution in [0.5, 0.6) is 0 Å². The van der Waals surface area contributed by atoms with Crippen molar-refractivity contribution in [2.75, 3.05) is 17.3 Å². The zero-order valence-corrected chi connectivity index (χ0v) is 15.4. The third kappa shape index (κ3) is 3.27. The molecule has 1 N–H and O–H groups in total. The lowest BCUT2D eigenvalue weighted by atomic mass is 10.0. The molecule has 1 saturated carbocycles. The van der Waals surface area contributed by atoms with Gasteiger partial charge in [0.05, 0.1) is 10.7 Å². The molecule has 0 saturated heterocycles. The smallest absolute Gasteiger partial charge is 0.242 e. The van der Waals surface area contributed by atoms with E-state index in [2.05, 4.69) is 5.32 Å². The van der Waals surface area contributed by atoms with Crippen molar-refractivity contribution in [2.45, 2.75) is 26.7 Å². The average Bonchev–Trinajstić information content (AvgIpc) is 3.39. The van der Waals surface area contributed by atoms with E-state index in [4.69, 9.17) is 11.6 Å². The zero-order chi connectivity index (χ0) is 18.2. The van der Waals surface area contributed by atoms with Crippen LogP contribution in [0, 0.1) is 19.3 Å². The van der Waals surface area contributed by atoms with Crippen LogP contribution in [-0.2, 0) is 9.59 Å². The molecule has 0 heterocycles. The molecule has 1 aliphatic rings. The molecule has 1 fully saturated rings. The lowest BCUT2D eigenvalue weighted by Crippen LogP contribution is -2.41. The lowest BCUT2D eigenvalue weighted by molar-refractivity contribution is -0.132. The van der Waals surface area contributed by atoms with E-state index in [1.165, 1.54) is 0 Å². The molecule has 1 aliphatic carbocycles. The largest absolute Gasteiger partial charge is 0.324 e. The molecule has 0 radical (unpaired) electrons. The van der Waals surface area contributed by atoms with E-state index in [0.717, 1.165) is 16.8 Å². The summed E-state index contributed by atoms with van der Waals surface area (Å²) in [4.78, 5) is 27.3. The van der Waals surface area contributed by atoms with Gasteiger partial charge in [-0.25, -0.2) is 0 Å². The number of halogens is 1. The Balaban J connectivity index is 1.81. The SMILES string of the molecule is Cc1cc(C)c(NC(=O)C2(C(=O)N(C)c3ccccc3)CC2)c(Cl)c1. The van der Waals surface area contributed by atoms with Crippen molar-refractivity contribution >= 4 is 34.8 Å². The fraction of sp³-hybridized carbons (Fsp3) is 0.300. The van der Waals surface area contributed by atoms with Crippen LogP contribution in [0.15, 0.2) is 42.5 Å². The van der Waals surface area contributed by atoms with E-state index in [9.17, 15) is 9.59 Å². The molecular formula is C20H21ClN2O2. The van der Waals surface area contributed by atoms with Crippen LogP contribution < -0.4 is 10.2 Å². The molecule has 2 amide bonds. The maximum atomic E-state index is 12.9.